The fourth-order valence-corrected chi connectivity index (χ4v) is 3.19. The Morgan fingerprint density at radius 1 is 0.900 bits per heavy atom. The molecule has 0 aliphatic heterocycles. The van der Waals surface area contributed by atoms with E-state index in [1.165, 1.54) is 10.4 Å². The van der Waals surface area contributed by atoms with Gasteiger partial charge in [-0.1, -0.05) is 30.3 Å². The van der Waals surface area contributed by atoms with Crippen LogP contribution in [0.15, 0.2) is 54.6 Å². The molecule has 2 aromatic carbocycles. The van der Waals surface area contributed by atoms with Crippen LogP contribution in [0.4, 0.5) is 0 Å². The largest absolute Gasteiger partial charge is 0.497 e. The molecule has 3 heteroatoms. The molecule has 0 saturated heterocycles. The Hall–Kier alpha value is -2.13. The summed E-state index contributed by atoms with van der Waals surface area (Å²) < 4.78 is 5.19. The zero-order chi connectivity index (χ0) is 13.9. The lowest BCUT2D eigenvalue weighted by molar-refractivity contribution is 0.415. The minimum absolute atomic E-state index is 0.866. The summed E-state index contributed by atoms with van der Waals surface area (Å²) in [4.78, 5) is 5.92. The number of aryl methyl sites for hydroxylation is 1. The second-order valence-corrected chi connectivity index (χ2v) is 5.53. The molecule has 0 bridgehead atoms. The van der Waals surface area contributed by atoms with E-state index < -0.39 is 0 Å². The number of methoxy groups -OCH3 is 1. The number of hydrogen-bond acceptors (Lipinski definition) is 3. The molecule has 1 heterocycles. The highest BCUT2D eigenvalue weighted by molar-refractivity contribution is 7.18. The molecule has 3 aromatic rings. The summed E-state index contributed by atoms with van der Waals surface area (Å²) in [5.74, 6) is 0.866. The average Bonchev–Trinajstić information content (AvgIpc) is 2.90. The van der Waals surface area contributed by atoms with Crippen molar-refractivity contribution in [2.45, 2.75) is 6.92 Å². The molecule has 100 valence electrons. The summed E-state index contributed by atoms with van der Waals surface area (Å²) in [5, 5.41) is 1.05. The first-order valence-electron chi connectivity index (χ1n) is 6.45. The van der Waals surface area contributed by atoms with Gasteiger partial charge in [-0.15, -0.1) is 11.3 Å². The van der Waals surface area contributed by atoms with Gasteiger partial charge in [0.2, 0.25) is 0 Å². The van der Waals surface area contributed by atoms with Crippen molar-refractivity contribution >= 4 is 11.3 Å². The first-order valence-corrected chi connectivity index (χ1v) is 7.27. The molecule has 0 saturated carbocycles. The lowest BCUT2D eigenvalue weighted by Crippen LogP contribution is -1.82. The Bertz CT molecular complexity index is 702. The summed E-state index contributed by atoms with van der Waals surface area (Å²) in [6, 6.07) is 18.4. The van der Waals surface area contributed by atoms with Crippen molar-refractivity contribution in [1.29, 1.82) is 0 Å². The van der Waals surface area contributed by atoms with Crippen molar-refractivity contribution in [3.8, 4) is 26.8 Å². The second-order valence-electron chi connectivity index (χ2n) is 4.53. The number of rotatable bonds is 3. The molecule has 20 heavy (non-hydrogen) atoms. The zero-order valence-electron chi connectivity index (χ0n) is 11.5. The third-order valence-corrected chi connectivity index (χ3v) is 4.43. The summed E-state index contributed by atoms with van der Waals surface area (Å²) >= 11 is 1.73. The minimum atomic E-state index is 0.866. The van der Waals surface area contributed by atoms with Crippen molar-refractivity contribution in [3.05, 3.63) is 60.3 Å². The average molecular weight is 281 g/mol. The van der Waals surface area contributed by atoms with E-state index in [4.69, 9.17) is 9.72 Å². The summed E-state index contributed by atoms with van der Waals surface area (Å²) in [6.45, 7) is 2.06. The molecule has 0 unspecified atom stereocenters. The van der Waals surface area contributed by atoms with Crippen LogP contribution >= 0.6 is 11.3 Å². The van der Waals surface area contributed by atoms with Crippen LogP contribution in [-0.2, 0) is 0 Å². The lowest BCUT2D eigenvalue weighted by atomic mass is 10.2. The maximum absolute atomic E-state index is 5.19. The van der Waals surface area contributed by atoms with Crippen molar-refractivity contribution in [1.82, 2.24) is 4.98 Å². The fraction of sp³-hybridized carbons (Fsp3) is 0.118. The number of hydrogen-bond donors (Lipinski definition) is 0. The summed E-state index contributed by atoms with van der Waals surface area (Å²) in [5.41, 5.74) is 3.43. The lowest BCUT2D eigenvalue weighted by Gasteiger charge is -2.00. The van der Waals surface area contributed by atoms with Crippen LogP contribution in [0.2, 0.25) is 0 Å². The molecule has 0 spiro atoms. The molecule has 0 atom stereocenters. The molecule has 2 nitrogen and oxygen atoms in total. The van der Waals surface area contributed by atoms with Crippen molar-refractivity contribution in [2.75, 3.05) is 7.11 Å². The number of nitrogens with zero attached hydrogens (tertiary/aromatic N) is 1. The Kier molecular flexibility index (Phi) is 3.52. The molecule has 0 radical (unpaired) electrons. The fourth-order valence-electron chi connectivity index (χ4n) is 2.11. The molecule has 0 aliphatic rings. The Morgan fingerprint density at radius 3 is 2.25 bits per heavy atom. The van der Waals surface area contributed by atoms with Gasteiger partial charge in [0, 0.05) is 5.56 Å². The second kappa shape index (κ2) is 5.47. The molecular formula is C17H15NOS. The van der Waals surface area contributed by atoms with E-state index in [1.807, 2.05) is 30.3 Å². The van der Waals surface area contributed by atoms with Gasteiger partial charge in [-0.3, -0.25) is 0 Å². The Labute approximate surface area is 122 Å². The van der Waals surface area contributed by atoms with E-state index in [2.05, 4.69) is 31.2 Å². The van der Waals surface area contributed by atoms with Crippen molar-refractivity contribution in [2.24, 2.45) is 0 Å². The number of thiazole rings is 1. The first kappa shape index (κ1) is 12.9. The van der Waals surface area contributed by atoms with Gasteiger partial charge in [0.15, 0.2) is 0 Å². The zero-order valence-corrected chi connectivity index (χ0v) is 12.3. The molecule has 0 N–H and O–H groups in total. The van der Waals surface area contributed by atoms with Gasteiger partial charge in [-0.25, -0.2) is 4.98 Å². The monoisotopic (exact) mass is 281 g/mol. The van der Waals surface area contributed by atoms with E-state index in [-0.39, 0.29) is 0 Å². The van der Waals surface area contributed by atoms with Gasteiger partial charge in [-0.2, -0.15) is 0 Å². The van der Waals surface area contributed by atoms with Crippen LogP contribution in [-0.4, -0.2) is 12.1 Å². The maximum Gasteiger partial charge on any atom is 0.124 e. The number of aromatic nitrogens is 1. The predicted octanol–water partition coefficient (Wildman–Crippen LogP) is 4.79. The standard InChI is InChI=1S/C17H15NOS/c1-12-16(13-6-4-3-5-7-13)20-17(18-12)14-8-10-15(19-2)11-9-14/h3-11H,1-2H3. The van der Waals surface area contributed by atoms with E-state index in [9.17, 15) is 0 Å². The first-order chi connectivity index (χ1) is 9.78. The third kappa shape index (κ3) is 2.45. The molecule has 1 aromatic heterocycles. The predicted molar refractivity (Wildman–Crippen MR) is 84.3 cm³/mol. The normalized spacial score (nSPS) is 10.5. The summed E-state index contributed by atoms with van der Waals surface area (Å²) in [7, 11) is 1.68. The van der Waals surface area contributed by atoms with E-state index in [0.717, 1.165) is 22.0 Å². The summed E-state index contributed by atoms with van der Waals surface area (Å²) in [6.07, 6.45) is 0. The van der Waals surface area contributed by atoms with Crippen LogP contribution in [0.3, 0.4) is 0 Å². The van der Waals surface area contributed by atoms with E-state index in [0.29, 0.717) is 0 Å². The van der Waals surface area contributed by atoms with Crippen molar-refractivity contribution < 1.29 is 4.74 Å². The van der Waals surface area contributed by atoms with Gasteiger partial charge in [-0.05, 0) is 36.8 Å². The molecule has 0 fully saturated rings. The Balaban J connectivity index is 2.00. The van der Waals surface area contributed by atoms with Crippen LogP contribution < -0.4 is 4.74 Å². The highest BCUT2D eigenvalue weighted by Gasteiger charge is 2.10. The number of ether oxygens (including phenoxy) is 1. The molecule has 0 amide bonds. The number of benzene rings is 2. The molecule has 3 rings (SSSR count). The minimum Gasteiger partial charge on any atom is -0.497 e. The molecular weight excluding hydrogens is 266 g/mol. The van der Waals surface area contributed by atoms with Gasteiger partial charge in [0.05, 0.1) is 17.7 Å². The Morgan fingerprint density at radius 2 is 1.60 bits per heavy atom. The van der Waals surface area contributed by atoms with Gasteiger partial charge >= 0.3 is 0 Å². The van der Waals surface area contributed by atoms with Crippen LogP contribution in [0.1, 0.15) is 5.69 Å². The van der Waals surface area contributed by atoms with Crippen LogP contribution in [0.25, 0.3) is 21.0 Å². The van der Waals surface area contributed by atoms with E-state index >= 15 is 0 Å². The van der Waals surface area contributed by atoms with Gasteiger partial charge in [0.1, 0.15) is 10.8 Å². The highest BCUT2D eigenvalue weighted by Crippen LogP contribution is 2.35. The smallest absolute Gasteiger partial charge is 0.124 e. The third-order valence-electron chi connectivity index (χ3n) is 3.17. The van der Waals surface area contributed by atoms with E-state index in [1.54, 1.807) is 18.4 Å². The topological polar surface area (TPSA) is 22.1 Å². The molecule has 0 aliphatic carbocycles. The van der Waals surface area contributed by atoms with Crippen molar-refractivity contribution in [3.63, 3.8) is 0 Å². The van der Waals surface area contributed by atoms with Gasteiger partial charge < -0.3 is 4.74 Å². The van der Waals surface area contributed by atoms with Crippen LogP contribution in [0.5, 0.6) is 5.75 Å². The highest BCUT2D eigenvalue weighted by atomic mass is 32.1. The quantitative estimate of drug-likeness (QED) is 0.688. The van der Waals surface area contributed by atoms with Crippen LogP contribution in [0, 0.1) is 6.92 Å². The van der Waals surface area contributed by atoms with Gasteiger partial charge in [0.25, 0.3) is 0 Å². The SMILES string of the molecule is COc1ccc(-c2nc(C)c(-c3ccccc3)s2)cc1. The maximum atomic E-state index is 5.19.